The molecule has 1 aromatic carbocycles. The van der Waals surface area contributed by atoms with Crippen molar-refractivity contribution in [3.8, 4) is 0 Å². The van der Waals surface area contributed by atoms with Crippen LogP contribution in [0.4, 0.5) is 0 Å². The Morgan fingerprint density at radius 2 is 1.91 bits per heavy atom. The average molecular weight is 357 g/mol. The third kappa shape index (κ3) is 6.63. The molecule has 0 bridgehead atoms. The van der Waals surface area contributed by atoms with E-state index in [1.165, 1.54) is 11.0 Å². The molecule has 0 aromatic heterocycles. The van der Waals surface area contributed by atoms with E-state index in [0.29, 0.717) is 22.2 Å². The van der Waals surface area contributed by atoms with E-state index in [-0.39, 0.29) is 23.9 Å². The summed E-state index contributed by atoms with van der Waals surface area (Å²) in [6.45, 7) is 7.95. The molecule has 4 nitrogen and oxygen atoms in total. The van der Waals surface area contributed by atoms with Gasteiger partial charge in [0, 0.05) is 18.2 Å². The van der Waals surface area contributed by atoms with Crippen LogP contribution < -0.4 is 5.32 Å². The van der Waals surface area contributed by atoms with Crippen molar-refractivity contribution in [2.24, 2.45) is 0 Å². The third-order valence-corrected chi connectivity index (χ3v) is 3.76. The van der Waals surface area contributed by atoms with Gasteiger partial charge in [-0.1, -0.05) is 35.3 Å². The quantitative estimate of drug-likeness (QED) is 0.816. The molecule has 0 saturated heterocycles. The number of halogens is 2. The zero-order chi connectivity index (χ0) is 17.6. The molecule has 1 aromatic rings. The van der Waals surface area contributed by atoms with Gasteiger partial charge in [-0.2, -0.15) is 0 Å². The van der Waals surface area contributed by atoms with Crippen LogP contribution >= 0.6 is 23.2 Å². The minimum Gasteiger partial charge on any atom is -0.350 e. The first-order chi connectivity index (χ1) is 10.6. The molecule has 0 saturated carbocycles. The van der Waals surface area contributed by atoms with Gasteiger partial charge >= 0.3 is 0 Å². The summed E-state index contributed by atoms with van der Waals surface area (Å²) in [5.41, 5.74) is 0.326. The van der Waals surface area contributed by atoms with Gasteiger partial charge in [0.1, 0.15) is 0 Å². The van der Waals surface area contributed by atoms with Crippen LogP contribution in [0.1, 0.15) is 33.3 Å². The summed E-state index contributed by atoms with van der Waals surface area (Å²) in [6, 6.07) is 5.20. The van der Waals surface area contributed by atoms with Crippen LogP contribution in [0.5, 0.6) is 0 Å². The SMILES string of the molecule is CCN(CC(=O)NC(C)(C)C)C(=O)/C=C/c1cccc(Cl)c1Cl. The molecule has 0 spiro atoms. The van der Waals surface area contributed by atoms with Crippen LogP contribution in [0, 0.1) is 0 Å². The van der Waals surface area contributed by atoms with E-state index in [9.17, 15) is 9.59 Å². The number of benzene rings is 1. The minimum atomic E-state index is -0.330. The highest BCUT2D eigenvalue weighted by atomic mass is 35.5. The number of nitrogens with one attached hydrogen (secondary N) is 1. The molecular weight excluding hydrogens is 335 g/mol. The second-order valence-corrected chi connectivity index (χ2v) is 6.91. The van der Waals surface area contributed by atoms with Crippen LogP contribution in [0.3, 0.4) is 0 Å². The van der Waals surface area contributed by atoms with Gasteiger partial charge in [0.15, 0.2) is 0 Å². The second kappa shape index (κ2) is 8.37. The molecule has 0 atom stereocenters. The first-order valence-corrected chi connectivity index (χ1v) is 8.11. The van der Waals surface area contributed by atoms with Crippen LogP contribution in [0.25, 0.3) is 6.08 Å². The Hall–Kier alpha value is -1.52. The zero-order valence-corrected chi connectivity index (χ0v) is 15.3. The van der Waals surface area contributed by atoms with Crippen molar-refractivity contribution in [1.29, 1.82) is 0 Å². The Morgan fingerprint density at radius 3 is 2.48 bits per heavy atom. The molecule has 0 heterocycles. The number of nitrogens with zero attached hydrogens (tertiary/aromatic N) is 1. The van der Waals surface area contributed by atoms with Gasteiger partial charge in [0.2, 0.25) is 11.8 Å². The summed E-state index contributed by atoms with van der Waals surface area (Å²) in [5, 5.41) is 3.66. The smallest absolute Gasteiger partial charge is 0.247 e. The van der Waals surface area contributed by atoms with Crippen molar-refractivity contribution in [1.82, 2.24) is 10.2 Å². The fourth-order valence-electron chi connectivity index (χ4n) is 1.89. The molecular formula is C17H22Cl2N2O2. The van der Waals surface area contributed by atoms with Crippen molar-refractivity contribution >= 4 is 41.1 Å². The van der Waals surface area contributed by atoms with Gasteiger partial charge in [0.25, 0.3) is 0 Å². The number of likely N-dealkylation sites (N-methyl/N-ethyl adjacent to an activating group) is 1. The average Bonchev–Trinajstić information content (AvgIpc) is 2.44. The lowest BCUT2D eigenvalue weighted by Crippen LogP contribution is -2.47. The summed E-state index contributed by atoms with van der Waals surface area (Å²) in [4.78, 5) is 25.6. The van der Waals surface area contributed by atoms with E-state index < -0.39 is 0 Å². The number of amides is 2. The summed E-state index contributed by atoms with van der Waals surface area (Å²) < 4.78 is 0. The maximum absolute atomic E-state index is 12.2. The molecule has 0 aliphatic carbocycles. The predicted octanol–water partition coefficient (Wildman–Crippen LogP) is 3.77. The predicted molar refractivity (Wildman–Crippen MR) is 95.6 cm³/mol. The molecule has 1 rings (SSSR count). The van der Waals surface area contributed by atoms with Crippen molar-refractivity contribution in [2.75, 3.05) is 13.1 Å². The summed E-state index contributed by atoms with van der Waals surface area (Å²) in [5.74, 6) is -0.450. The van der Waals surface area contributed by atoms with E-state index in [1.54, 1.807) is 24.3 Å². The normalized spacial score (nSPS) is 11.6. The third-order valence-electron chi connectivity index (χ3n) is 2.93. The van der Waals surface area contributed by atoms with E-state index in [0.717, 1.165) is 0 Å². The first kappa shape index (κ1) is 19.5. The molecule has 0 unspecified atom stereocenters. The number of hydrogen-bond acceptors (Lipinski definition) is 2. The van der Waals surface area contributed by atoms with Crippen molar-refractivity contribution in [2.45, 2.75) is 33.2 Å². The monoisotopic (exact) mass is 356 g/mol. The Morgan fingerprint density at radius 1 is 1.26 bits per heavy atom. The van der Waals surface area contributed by atoms with E-state index in [1.807, 2.05) is 27.7 Å². The van der Waals surface area contributed by atoms with E-state index in [2.05, 4.69) is 5.32 Å². The first-order valence-electron chi connectivity index (χ1n) is 7.36. The number of carbonyl (C=O) groups excluding carboxylic acids is 2. The highest BCUT2D eigenvalue weighted by Crippen LogP contribution is 2.26. The maximum Gasteiger partial charge on any atom is 0.247 e. The fourth-order valence-corrected chi connectivity index (χ4v) is 2.26. The molecule has 23 heavy (non-hydrogen) atoms. The van der Waals surface area contributed by atoms with Gasteiger partial charge in [-0.05, 0) is 45.4 Å². The summed E-state index contributed by atoms with van der Waals surface area (Å²) in [6.07, 6.45) is 2.99. The highest BCUT2D eigenvalue weighted by molar-refractivity contribution is 6.42. The van der Waals surface area contributed by atoms with Gasteiger partial charge in [0.05, 0.1) is 16.6 Å². The van der Waals surface area contributed by atoms with Gasteiger partial charge in [-0.3, -0.25) is 9.59 Å². The maximum atomic E-state index is 12.2. The Labute approximate surface area is 147 Å². The van der Waals surface area contributed by atoms with Gasteiger partial charge in [-0.15, -0.1) is 0 Å². The van der Waals surface area contributed by atoms with E-state index in [4.69, 9.17) is 23.2 Å². The Bertz CT molecular complexity index is 607. The van der Waals surface area contributed by atoms with E-state index >= 15 is 0 Å². The molecule has 2 amide bonds. The zero-order valence-electron chi connectivity index (χ0n) is 13.8. The van der Waals surface area contributed by atoms with Crippen LogP contribution in [-0.2, 0) is 9.59 Å². The number of hydrogen-bond donors (Lipinski definition) is 1. The largest absolute Gasteiger partial charge is 0.350 e. The molecule has 0 aliphatic heterocycles. The molecule has 126 valence electrons. The molecule has 0 radical (unpaired) electrons. The standard InChI is InChI=1S/C17H22Cl2N2O2/c1-5-21(11-14(22)20-17(2,3)4)15(23)10-9-12-7-6-8-13(18)16(12)19/h6-10H,5,11H2,1-4H3,(H,20,22)/b10-9+. The van der Waals surface area contributed by atoms with Crippen molar-refractivity contribution in [3.63, 3.8) is 0 Å². The van der Waals surface area contributed by atoms with Crippen LogP contribution in [0.2, 0.25) is 10.0 Å². The molecule has 1 N–H and O–H groups in total. The highest BCUT2D eigenvalue weighted by Gasteiger charge is 2.18. The molecule has 0 fully saturated rings. The molecule has 0 aliphatic rings. The number of carbonyl (C=O) groups is 2. The fraction of sp³-hybridized carbons (Fsp3) is 0.412. The van der Waals surface area contributed by atoms with Crippen molar-refractivity contribution in [3.05, 3.63) is 39.9 Å². The lowest BCUT2D eigenvalue weighted by atomic mass is 10.1. The van der Waals surface area contributed by atoms with Gasteiger partial charge in [-0.25, -0.2) is 0 Å². The van der Waals surface area contributed by atoms with Crippen molar-refractivity contribution < 1.29 is 9.59 Å². The second-order valence-electron chi connectivity index (χ2n) is 6.13. The molecule has 6 heteroatoms. The minimum absolute atomic E-state index is 0.0141. The lowest BCUT2D eigenvalue weighted by molar-refractivity contribution is -0.132. The Kier molecular flexibility index (Phi) is 7.10. The van der Waals surface area contributed by atoms with Crippen LogP contribution in [-0.4, -0.2) is 35.3 Å². The van der Waals surface area contributed by atoms with Crippen LogP contribution in [0.15, 0.2) is 24.3 Å². The summed E-state index contributed by atoms with van der Waals surface area (Å²) >= 11 is 12.0. The summed E-state index contributed by atoms with van der Waals surface area (Å²) in [7, 11) is 0. The van der Waals surface area contributed by atoms with Gasteiger partial charge < -0.3 is 10.2 Å². The lowest BCUT2D eigenvalue weighted by Gasteiger charge is -2.24. The Balaban J connectivity index is 2.75. The number of rotatable bonds is 5. The topological polar surface area (TPSA) is 49.4 Å².